The summed E-state index contributed by atoms with van der Waals surface area (Å²) in [5, 5.41) is 3.89. The molecule has 0 bridgehead atoms. The van der Waals surface area contributed by atoms with Gasteiger partial charge in [0.2, 0.25) is 0 Å². The second-order valence-electron chi connectivity index (χ2n) is 4.79. The van der Waals surface area contributed by atoms with Crippen LogP contribution in [0.1, 0.15) is 24.5 Å². The fourth-order valence-electron chi connectivity index (χ4n) is 1.89. The minimum Gasteiger partial charge on any atom is -0.493 e. The number of halogens is 2. The predicted molar refractivity (Wildman–Crippen MR) is 91.2 cm³/mol. The fourth-order valence-corrected chi connectivity index (χ4v) is 2.40. The molecule has 0 atom stereocenters. The summed E-state index contributed by atoms with van der Waals surface area (Å²) in [6.45, 7) is 5.42. The van der Waals surface area contributed by atoms with Gasteiger partial charge >= 0.3 is 0 Å². The van der Waals surface area contributed by atoms with Crippen LogP contribution in [0.4, 0.5) is 5.69 Å². The van der Waals surface area contributed by atoms with Crippen molar-refractivity contribution in [1.29, 1.82) is 0 Å². The van der Waals surface area contributed by atoms with E-state index in [9.17, 15) is 0 Å². The lowest BCUT2D eigenvalue weighted by Gasteiger charge is -2.13. The molecule has 0 amide bonds. The highest BCUT2D eigenvalue weighted by atomic mass is 79.9. The van der Waals surface area contributed by atoms with Crippen molar-refractivity contribution in [1.82, 2.24) is 4.98 Å². The Kier molecular flexibility index (Phi) is 5.88. The van der Waals surface area contributed by atoms with Crippen molar-refractivity contribution in [3.8, 4) is 5.75 Å². The first-order valence-electron chi connectivity index (χ1n) is 6.87. The molecular weight excluding hydrogens is 352 g/mol. The monoisotopic (exact) mass is 368 g/mol. The quantitative estimate of drug-likeness (QED) is 0.710. The van der Waals surface area contributed by atoms with E-state index >= 15 is 0 Å². The highest BCUT2D eigenvalue weighted by molar-refractivity contribution is 9.10. The van der Waals surface area contributed by atoms with E-state index in [1.165, 1.54) is 0 Å². The van der Waals surface area contributed by atoms with E-state index in [0.717, 1.165) is 40.1 Å². The first-order chi connectivity index (χ1) is 10.1. The summed E-state index contributed by atoms with van der Waals surface area (Å²) >= 11 is 9.43. The number of rotatable bonds is 6. The lowest BCUT2D eigenvalue weighted by Crippen LogP contribution is -2.04. The number of ether oxygens (including phenoxy) is 1. The van der Waals surface area contributed by atoms with Crippen LogP contribution in [-0.2, 0) is 6.54 Å². The molecule has 2 rings (SSSR count). The molecule has 5 heteroatoms. The van der Waals surface area contributed by atoms with Gasteiger partial charge in [0.25, 0.3) is 0 Å². The van der Waals surface area contributed by atoms with Gasteiger partial charge in [0.15, 0.2) is 0 Å². The number of nitrogens with one attached hydrogen (secondary N) is 1. The maximum atomic E-state index is 5.94. The average Bonchev–Trinajstić information content (AvgIpc) is 2.47. The average molecular weight is 370 g/mol. The summed E-state index contributed by atoms with van der Waals surface area (Å²) < 4.78 is 6.81. The Labute approximate surface area is 138 Å². The van der Waals surface area contributed by atoms with Gasteiger partial charge in [-0.05, 0) is 43.2 Å². The number of hydrogen-bond donors (Lipinski definition) is 1. The molecule has 1 aromatic carbocycles. The van der Waals surface area contributed by atoms with E-state index in [0.29, 0.717) is 11.7 Å². The largest absolute Gasteiger partial charge is 0.493 e. The Morgan fingerprint density at radius 3 is 2.86 bits per heavy atom. The first kappa shape index (κ1) is 16.1. The van der Waals surface area contributed by atoms with Gasteiger partial charge in [-0.1, -0.05) is 34.5 Å². The highest BCUT2D eigenvalue weighted by Crippen LogP contribution is 2.25. The van der Waals surface area contributed by atoms with Crippen LogP contribution in [0.15, 0.2) is 34.9 Å². The predicted octanol–water partition coefficient (Wildman–Crippen LogP) is 5.21. The number of aryl methyl sites for hydroxylation is 1. The molecule has 1 N–H and O–H groups in total. The molecule has 2 aromatic rings. The molecule has 0 aliphatic carbocycles. The van der Waals surface area contributed by atoms with Crippen LogP contribution >= 0.6 is 27.5 Å². The van der Waals surface area contributed by atoms with Crippen LogP contribution in [0.5, 0.6) is 5.75 Å². The van der Waals surface area contributed by atoms with Gasteiger partial charge in [-0.2, -0.15) is 0 Å². The van der Waals surface area contributed by atoms with Gasteiger partial charge in [-0.15, -0.1) is 0 Å². The second kappa shape index (κ2) is 7.66. The third kappa shape index (κ3) is 4.61. The number of nitrogens with zero attached hydrogens (tertiary/aromatic N) is 1. The van der Waals surface area contributed by atoms with Crippen LogP contribution in [0.2, 0.25) is 5.15 Å². The summed E-state index contributed by atoms with van der Waals surface area (Å²) in [5.74, 6) is 0.909. The van der Waals surface area contributed by atoms with E-state index in [1.807, 2.05) is 25.1 Å². The lowest BCUT2D eigenvalue weighted by molar-refractivity contribution is 0.314. The molecular formula is C16H18BrClN2O. The Balaban J connectivity index is 2.10. The maximum absolute atomic E-state index is 5.94. The zero-order chi connectivity index (χ0) is 15.2. The number of pyridine rings is 1. The molecule has 1 aromatic heterocycles. The van der Waals surface area contributed by atoms with E-state index in [2.05, 4.69) is 39.2 Å². The van der Waals surface area contributed by atoms with Crippen LogP contribution in [-0.4, -0.2) is 11.6 Å². The minimum atomic E-state index is 0.537. The van der Waals surface area contributed by atoms with Crippen molar-refractivity contribution in [3.05, 3.63) is 51.2 Å². The van der Waals surface area contributed by atoms with Crippen molar-refractivity contribution < 1.29 is 4.74 Å². The van der Waals surface area contributed by atoms with Crippen molar-refractivity contribution >= 4 is 33.2 Å². The molecule has 0 saturated heterocycles. The SMILES string of the molecule is CCCOc1ccc(Br)cc1CNc1cnc(Cl)c(C)c1. The summed E-state index contributed by atoms with van der Waals surface area (Å²) in [5.41, 5.74) is 3.00. The van der Waals surface area contributed by atoms with Crippen LogP contribution in [0, 0.1) is 6.92 Å². The molecule has 0 aliphatic heterocycles. The molecule has 1 heterocycles. The topological polar surface area (TPSA) is 34.1 Å². The second-order valence-corrected chi connectivity index (χ2v) is 6.06. The Hall–Kier alpha value is -1.26. The molecule has 3 nitrogen and oxygen atoms in total. The summed E-state index contributed by atoms with van der Waals surface area (Å²) in [6, 6.07) is 8.03. The number of hydrogen-bond acceptors (Lipinski definition) is 3. The van der Waals surface area contributed by atoms with Gasteiger partial charge in [0.1, 0.15) is 10.9 Å². The van der Waals surface area contributed by atoms with Gasteiger partial charge in [-0.3, -0.25) is 0 Å². The molecule has 21 heavy (non-hydrogen) atoms. The van der Waals surface area contributed by atoms with Crippen molar-refractivity contribution in [2.45, 2.75) is 26.8 Å². The highest BCUT2D eigenvalue weighted by Gasteiger charge is 2.06. The molecule has 0 fully saturated rings. The first-order valence-corrected chi connectivity index (χ1v) is 8.04. The third-order valence-electron chi connectivity index (χ3n) is 2.98. The van der Waals surface area contributed by atoms with Gasteiger partial charge in [0, 0.05) is 16.6 Å². The van der Waals surface area contributed by atoms with Crippen molar-refractivity contribution in [2.75, 3.05) is 11.9 Å². The Bertz CT molecular complexity index is 619. The summed E-state index contributed by atoms with van der Waals surface area (Å²) in [6.07, 6.45) is 2.73. The van der Waals surface area contributed by atoms with Gasteiger partial charge in [-0.25, -0.2) is 4.98 Å². The van der Waals surface area contributed by atoms with Crippen molar-refractivity contribution in [2.24, 2.45) is 0 Å². The molecule has 0 spiro atoms. The van der Waals surface area contributed by atoms with Crippen LogP contribution in [0.25, 0.3) is 0 Å². The zero-order valence-corrected chi connectivity index (χ0v) is 14.5. The third-order valence-corrected chi connectivity index (χ3v) is 3.87. The number of benzene rings is 1. The summed E-state index contributed by atoms with van der Waals surface area (Å²) in [4.78, 5) is 4.14. The molecule has 112 valence electrons. The standard InChI is InChI=1S/C16H18BrClN2O/c1-3-6-21-15-5-4-13(17)8-12(15)9-19-14-7-11(2)16(18)20-10-14/h4-5,7-8,10,19H,3,6,9H2,1-2H3. The summed E-state index contributed by atoms with van der Waals surface area (Å²) in [7, 11) is 0. The van der Waals surface area contributed by atoms with E-state index in [4.69, 9.17) is 16.3 Å². The molecule has 0 saturated carbocycles. The Morgan fingerprint density at radius 1 is 1.33 bits per heavy atom. The smallest absolute Gasteiger partial charge is 0.132 e. The van der Waals surface area contributed by atoms with E-state index in [-0.39, 0.29) is 0 Å². The normalized spacial score (nSPS) is 10.5. The Morgan fingerprint density at radius 2 is 2.14 bits per heavy atom. The van der Waals surface area contributed by atoms with Crippen molar-refractivity contribution in [3.63, 3.8) is 0 Å². The van der Waals surface area contributed by atoms with E-state index in [1.54, 1.807) is 6.20 Å². The minimum absolute atomic E-state index is 0.537. The van der Waals surface area contributed by atoms with Crippen LogP contribution in [0.3, 0.4) is 0 Å². The van der Waals surface area contributed by atoms with Gasteiger partial charge < -0.3 is 10.1 Å². The fraction of sp³-hybridized carbons (Fsp3) is 0.312. The maximum Gasteiger partial charge on any atom is 0.132 e. The molecule has 0 radical (unpaired) electrons. The molecule has 0 aliphatic rings. The van der Waals surface area contributed by atoms with Gasteiger partial charge in [0.05, 0.1) is 18.5 Å². The number of anilines is 1. The number of aromatic nitrogens is 1. The molecule has 0 unspecified atom stereocenters. The zero-order valence-electron chi connectivity index (χ0n) is 12.1. The van der Waals surface area contributed by atoms with Crippen LogP contribution < -0.4 is 10.1 Å². The lowest BCUT2D eigenvalue weighted by atomic mass is 10.2. The van der Waals surface area contributed by atoms with E-state index < -0.39 is 0 Å².